The smallest absolute Gasteiger partial charge is 0.238 e. The van der Waals surface area contributed by atoms with Crippen LogP contribution >= 0.6 is 0 Å². The minimum absolute atomic E-state index is 0.0937. The summed E-state index contributed by atoms with van der Waals surface area (Å²) in [6.45, 7) is 3.62. The number of nitrogens with zero attached hydrogens (tertiary/aromatic N) is 2. The molecule has 0 amide bonds. The molecular weight excluding hydrogens is 288 g/mol. The fourth-order valence-electron chi connectivity index (χ4n) is 1.87. The van der Waals surface area contributed by atoms with Gasteiger partial charge in [-0.05, 0) is 29.8 Å². The van der Waals surface area contributed by atoms with Crippen LogP contribution in [0.15, 0.2) is 42.6 Å². The maximum atomic E-state index is 12.1. The minimum atomic E-state index is -3.50. The lowest BCUT2D eigenvalue weighted by atomic mass is 10.1. The summed E-state index contributed by atoms with van der Waals surface area (Å²) >= 11 is 0. The summed E-state index contributed by atoms with van der Waals surface area (Å²) < 4.78 is 26.6. The zero-order chi connectivity index (χ0) is 15.1. The van der Waals surface area contributed by atoms with Crippen LogP contribution in [0.5, 0.6) is 0 Å². The maximum Gasteiger partial charge on any atom is 0.238 e. The Kier molecular flexibility index (Phi) is 5.24. The first kappa shape index (κ1) is 15.4. The first-order valence-corrected chi connectivity index (χ1v) is 8.31. The van der Waals surface area contributed by atoms with E-state index in [-0.39, 0.29) is 11.6 Å². The fourth-order valence-corrected chi connectivity index (χ4v) is 2.99. The highest BCUT2D eigenvalue weighted by Crippen LogP contribution is 2.11. The maximum absolute atomic E-state index is 12.1. The van der Waals surface area contributed by atoms with E-state index in [4.69, 9.17) is 0 Å². The van der Waals surface area contributed by atoms with Crippen molar-refractivity contribution in [1.82, 2.24) is 15.5 Å². The molecule has 1 aromatic carbocycles. The molecule has 0 aliphatic heterocycles. The highest BCUT2D eigenvalue weighted by molar-refractivity contribution is 7.91. The van der Waals surface area contributed by atoms with Crippen molar-refractivity contribution >= 4 is 15.8 Å². The van der Waals surface area contributed by atoms with E-state index < -0.39 is 10.0 Å². The van der Waals surface area contributed by atoms with Crippen molar-refractivity contribution in [3.8, 4) is 0 Å². The zero-order valence-corrected chi connectivity index (χ0v) is 12.6. The van der Waals surface area contributed by atoms with Crippen molar-refractivity contribution in [3.63, 3.8) is 0 Å². The average molecular weight is 306 g/mol. The molecule has 1 aromatic heterocycles. The molecule has 0 aliphatic rings. The molecule has 112 valence electrons. The van der Waals surface area contributed by atoms with E-state index in [0.29, 0.717) is 0 Å². The number of sulfonamides is 1. The van der Waals surface area contributed by atoms with Gasteiger partial charge in [-0.3, -0.25) is 4.72 Å². The van der Waals surface area contributed by atoms with Crippen molar-refractivity contribution in [2.45, 2.75) is 19.2 Å². The van der Waals surface area contributed by atoms with E-state index in [2.05, 4.69) is 20.2 Å². The third kappa shape index (κ3) is 5.13. The van der Waals surface area contributed by atoms with Gasteiger partial charge in [-0.1, -0.05) is 31.2 Å². The number of nitrogens with one attached hydrogen (secondary N) is 2. The highest BCUT2D eigenvalue weighted by Gasteiger charge is 2.12. The molecule has 0 fully saturated rings. The first-order valence-electron chi connectivity index (χ1n) is 6.66. The molecule has 0 spiro atoms. The Morgan fingerprint density at radius 2 is 1.95 bits per heavy atom. The Hall–Kier alpha value is -1.99. The number of aromatic nitrogens is 2. The van der Waals surface area contributed by atoms with E-state index in [1.807, 2.05) is 25.1 Å². The van der Waals surface area contributed by atoms with Crippen LogP contribution < -0.4 is 10.0 Å². The molecular formula is C14H18N4O2S. The quantitative estimate of drug-likeness (QED) is 0.810. The molecule has 1 heterocycles. The number of benzene rings is 1. The topological polar surface area (TPSA) is 84.0 Å². The second-order valence-electron chi connectivity index (χ2n) is 4.57. The SMILES string of the molecule is CCNCc1cccc(CS(=O)(=O)Nc2cccnn2)c1. The van der Waals surface area contributed by atoms with Crippen LogP contribution in [0.2, 0.25) is 0 Å². The van der Waals surface area contributed by atoms with Crippen molar-refractivity contribution < 1.29 is 8.42 Å². The van der Waals surface area contributed by atoms with Crippen molar-refractivity contribution in [1.29, 1.82) is 0 Å². The van der Waals surface area contributed by atoms with Crippen LogP contribution in [0, 0.1) is 0 Å². The Labute approximate surface area is 124 Å². The van der Waals surface area contributed by atoms with Gasteiger partial charge in [0, 0.05) is 12.7 Å². The molecule has 0 atom stereocenters. The number of rotatable bonds is 7. The van der Waals surface area contributed by atoms with Gasteiger partial charge in [-0.2, -0.15) is 5.10 Å². The van der Waals surface area contributed by atoms with Crippen molar-refractivity contribution in [3.05, 3.63) is 53.7 Å². The van der Waals surface area contributed by atoms with Crippen LogP contribution in [-0.2, 0) is 22.3 Å². The van der Waals surface area contributed by atoms with E-state index in [0.717, 1.165) is 24.2 Å². The zero-order valence-electron chi connectivity index (χ0n) is 11.8. The summed E-state index contributed by atoms with van der Waals surface area (Å²) in [5, 5.41) is 10.6. The van der Waals surface area contributed by atoms with Crippen LogP contribution in [0.3, 0.4) is 0 Å². The molecule has 2 rings (SSSR count). The Balaban J connectivity index is 2.06. The van der Waals surface area contributed by atoms with Crippen LogP contribution in [0.1, 0.15) is 18.1 Å². The monoisotopic (exact) mass is 306 g/mol. The first-order chi connectivity index (χ1) is 10.1. The third-order valence-electron chi connectivity index (χ3n) is 2.76. The summed E-state index contributed by atoms with van der Waals surface area (Å²) in [5.74, 6) is 0.130. The van der Waals surface area contributed by atoms with Gasteiger partial charge >= 0.3 is 0 Å². The average Bonchev–Trinajstić information content (AvgIpc) is 2.45. The molecule has 0 radical (unpaired) electrons. The van der Waals surface area contributed by atoms with Crippen LogP contribution in [0.4, 0.5) is 5.82 Å². The van der Waals surface area contributed by atoms with Crippen molar-refractivity contribution in [2.24, 2.45) is 0 Å². The van der Waals surface area contributed by atoms with Gasteiger partial charge < -0.3 is 5.32 Å². The molecule has 7 heteroatoms. The normalized spacial score (nSPS) is 11.3. The fraction of sp³-hybridized carbons (Fsp3) is 0.286. The van der Waals surface area contributed by atoms with E-state index >= 15 is 0 Å². The van der Waals surface area contributed by atoms with Gasteiger partial charge in [0.05, 0.1) is 5.75 Å². The van der Waals surface area contributed by atoms with E-state index in [1.54, 1.807) is 18.2 Å². The highest BCUT2D eigenvalue weighted by atomic mass is 32.2. The standard InChI is InChI=1S/C14H18N4O2S/c1-2-15-10-12-5-3-6-13(9-12)11-21(19,20)18-14-7-4-8-16-17-14/h3-9,15H,2,10-11H2,1H3,(H,17,18). The predicted molar refractivity (Wildman–Crippen MR) is 82.1 cm³/mol. The summed E-state index contributed by atoms with van der Waals surface area (Å²) in [7, 11) is -3.50. The number of hydrogen-bond acceptors (Lipinski definition) is 5. The molecule has 0 bridgehead atoms. The largest absolute Gasteiger partial charge is 0.313 e. The lowest BCUT2D eigenvalue weighted by molar-refractivity contribution is 0.600. The molecule has 0 aliphatic carbocycles. The number of anilines is 1. The second kappa shape index (κ2) is 7.14. The molecule has 0 saturated heterocycles. The van der Waals surface area contributed by atoms with Gasteiger partial charge in [0.2, 0.25) is 10.0 Å². The van der Waals surface area contributed by atoms with Crippen LogP contribution in [0.25, 0.3) is 0 Å². The molecule has 6 nitrogen and oxygen atoms in total. The van der Waals surface area contributed by atoms with Gasteiger partial charge in [-0.25, -0.2) is 8.42 Å². The third-order valence-corrected chi connectivity index (χ3v) is 3.99. The Morgan fingerprint density at radius 1 is 1.14 bits per heavy atom. The molecule has 0 saturated carbocycles. The van der Waals surface area contributed by atoms with E-state index in [9.17, 15) is 8.42 Å². The van der Waals surface area contributed by atoms with Gasteiger partial charge in [-0.15, -0.1) is 5.10 Å². The van der Waals surface area contributed by atoms with Gasteiger partial charge in [0.15, 0.2) is 5.82 Å². The van der Waals surface area contributed by atoms with E-state index in [1.165, 1.54) is 6.20 Å². The summed E-state index contributed by atoms with van der Waals surface area (Å²) in [5.41, 5.74) is 1.80. The molecule has 21 heavy (non-hydrogen) atoms. The van der Waals surface area contributed by atoms with Crippen molar-refractivity contribution in [2.75, 3.05) is 11.3 Å². The Bertz CT molecular complexity index is 674. The number of hydrogen-bond donors (Lipinski definition) is 2. The molecule has 2 N–H and O–H groups in total. The second-order valence-corrected chi connectivity index (χ2v) is 6.29. The van der Waals surface area contributed by atoms with Crippen LogP contribution in [-0.4, -0.2) is 25.2 Å². The molecule has 2 aromatic rings. The minimum Gasteiger partial charge on any atom is -0.313 e. The summed E-state index contributed by atoms with van der Waals surface area (Å²) in [4.78, 5) is 0. The lowest BCUT2D eigenvalue weighted by Gasteiger charge is -2.08. The summed E-state index contributed by atoms with van der Waals surface area (Å²) in [6.07, 6.45) is 1.49. The Morgan fingerprint density at radius 3 is 2.67 bits per heavy atom. The van der Waals surface area contributed by atoms with Gasteiger partial charge in [0.1, 0.15) is 0 Å². The van der Waals surface area contributed by atoms with Gasteiger partial charge in [0.25, 0.3) is 0 Å². The molecule has 0 unspecified atom stereocenters. The summed E-state index contributed by atoms with van der Waals surface area (Å²) in [6, 6.07) is 10.7. The predicted octanol–water partition coefficient (Wildman–Crippen LogP) is 1.53. The lowest BCUT2D eigenvalue weighted by Crippen LogP contribution is -2.16.